The normalized spacial score (nSPS) is 9.75. The van der Waals surface area contributed by atoms with Gasteiger partial charge in [0.05, 0.1) is 6.54 Å². The van der Waals surface area contributed by atoms with Crippen LogP contribution in [0.1, 0.15) is 24.2 Å². The second-order valence-electron chi connectivity index (χ2n) is 4.05. The van der Waals surface area contributed by atoms with Crippen molar-refractivity contribution in [3.63, 3.8) is 0 Å². The fourth-order valence-corrected chi connectivity index (χ4v) is 1.81. The van der Waals surface area contributed by atoms with Gasteiger partial charge in [-0.3, -0.25) is 9.79 Å². The maximum atomic E-state index is 11.8. The molecule has 6 heteroatoms. The second-order valence-corrected chi connectivity index (χ2v) is 4.97. The summed E-state index contributed by atoms with van der Waals surface area (Å²) in [5.74, 6) is 0.689. The lowest BCUT2D eigenvalue weighted by Crippen LogP contribution is -2.37. The van der Waals surface area contributed by atoms with E-state index in [4.69, 9.17) is 0 Å². The van der Waals surface area contributed by atoms with Crippen LogP contribution in [0.2, 0.25) is 0 Å². The van der Waals surface area contributed by atoms with Crippen molar-refractivity contribution in [3.05, 3.63) is 34.3 Å². The first-order valence-electron chi connectivity index (χ1n) is 6.73. The summed E-state index contributed by atoms with van der Waals surface area (Å²) < 4.78 is 0.958. The van der Waals surface area contributed by atoms with Gasteiger partial charge in [0.25, 0.3) is 5.91 Å². The number of hydrogen-bond acceptors (Lipinski definition) is 2. The van der Waals surface area contributed by atoms with Crippen LogP contribution in [-0.4, -0.2) is 38.0 Å². The topological polar surface area (TPSA) is 65.5 Å². The van der Waals surface area contributed by atoms with E-state index in [-0.39, 0.29) is 5.91 Å². The molecule has 0 atom stereocenters. The van der Waals surface area contributed by atoms with Crippen LogP contribution in [0.25, 0.3) is 0 Å². The summed E-state index contributed by atoms with van der Waals surface area (Å²) in [4.78, 5) is 16.2. The molecule has 3 N–H and O–H groups in total. The van der Waals surface area contributed by atoms with Crippen LogP contribution in [0.3, 0.4) is 0 Å². The van der Waals surface area contributed by atoms with E-state index in [0.717, 1.165) is 23.5 Å². The number of guanidine groups is 1. The molecule has 0 unspecified atom stereocenters. The van der Waals surface area contributed by atoms with Gasteiger partial charge in [0.15, 0.2) is 5.96 Å². The zero-order valence-electron chi connectivity index (χ0n) is 11.9. The molecule has 0 aliphatic carbocycles. The largest absolute Gasteiger partial charge is 0.357 e. The SMILES string of the molecule is CCNC(=NCCNC(=O)c1ccc(Br)cc1)NCC. The monoisotopic (exact) mass is 340 g/mol. The quantitative estimate of drug-likeness (QED) is 0.420. The van der Waals surface area contributed by atoms with Gasteiger partial charge in [-0.15, -0.1) is 0 Å². The summed E-state index contributed by atoms with van der Waals surface area (Å²) in [6.45, 7) is 6.71. The molecule has 5 nitrogen and oxygen atoms in total. The smallest absolute Gasteiger partial charge is 0.251 e. The molecular weight excluding hydrogens is 320 g/mol. The number of halogens is 1. The predicted octanol–water partition coefficient (Wildman–Crippen LogP) is 1.75. The minimum Gasteiger partial charge on any atom is -0.357 e. The maximum Gasteiger partial charge on any atom is 0.251 e. The van der Waals surface area contributed by atoms with Gasteiger partial charge in [-0.1, -0.05) is 15.9 Å². The van der Waals surface area contributed by atoms with Crippen LogP contribution in [0.15, 0.2) is 33.7 Å². The van der Waals surface area contributed by atoms with E-state index >= 15 is 0 Å². The molecule has 1 amide bonds. The van der Waals surface area contributed by atoms with Crippen LogP contribution in [-0.2, 0) is 0 Å². The van der Waals surface area contributed by atoms with Crippen LogP contribution in [0.4, 0.5) is 0 Å². The number of rotatable bonds is 6. The van der Waals surface area contributed by atoms with Gasteiger partial charge in [0.2, 0.25) is 0 Å². The molecule has 0 saturated heterocycles. The Morgan fingerprint density at radius 1 is 1.10 bits per heavy atom. The number of nitrogens with zero attached hydrogens (tertiary/aromatic N) is 1. The molecule has 0 aromatic heterocycles. The van der Waals surface area contributed by atoms with E-state index in [0.29, 0.717) is 18.7 Å². The van der Waals surface area contributed by atoms with E-state index in [1.54, 1.807) is 12.1 Å². The summed E-state index contributed by atoms with van der Waals surface area (Å²) in [5, 5.41) is 9.10. The highest BCUT2D eigenvalue weighted by atomic mass is 79.9. The van der Waals surface area contributed by atoms with E-state index in [9.17, 15) is 4.79 Å². The predicted molar refractivity (Wildman–Crippen MR) is 86.1 cm³/mol. The second kappa shape index (κ2) is 9.36. The molecule has 0 fully saturated rings. The van der Waals surface area contributed by atoms with Gasteiger partial charge < -0.3 is 16.0 Å². The van der Waals surface area contributed by atoms with Crippen molar-refractivity contribution in [1.82, 2.24) is 16.0 Å². The lowest BCUT2D eigenvalue weighted by atomic mass is 10.2. The average molecular weight is 341 g/mol. The molecule has 1 aromatic rings. The van der Waals surface area contributed by atoms with Gasteiger partial charge in [-0.05, 0) is 38.1 Å². The van der Waals surface area contributed by atoms with Gasteiger partial charge in [-0.2, -0.15) is 0 Å². The Morgan fingerprint density at radius 2 is 1.70 bits per heavy atom. The molecule has 0 heterocycles. The fraction of sp³-hybridized carbons (Fsp3) is 0.429. The maximum absolute atomic E-state index is 11.8. The molecule has 0 spiro atoms. The molecule has 0 saturated carbocycles. The highest BCUT2D eigenvalue weighted by molar-refractivity contribution is 9.10. The number of hydrogen-bond donors (Lipinski definition) is 3. The van der Waals surface area contributed by atoms with Gasteiger partial charge in [0.1, 0.15) is 0 Å². The molecule has 20 heavy (non-hydrogen) atoms. The number of aliphatic imine (C=N–C) groups is 1. The molecule has 110 valence electrons. The van der Waals surface area contributed by atoms with Crippen LogP contribution < -0.4 is 16.0 Å². The van der Waals surface area contributed by atoms with Crippen molar-refractivity contribution in [2.24, 2.45) is 4.99 Å². The van der Waals surface area contributed by atoms with E-state index in [1.807, 2.05) is 26.0 Å². The lowest BCUT2D eigenvalue weighted by Gasteiger charge is -2.09. The van der Waals surface area contributed by atoms with E-state index in [1.165, 1.54) is 0 Å². The van der Waals surface area contributed by atoms with Crippen molar-refractivity contribution in [2.45, 2.75) is 13.8 Å². The van der Waals surface area contributed by atoms with Crippen molar-refractivity contribution in [2.75, 3.05) is 26.2 Å². The van der Waals surface area contributed by atoms with Crippen molar-refractivity contribution < 1.29 is 4.79 Å². The Bertz CT molecular complexity index is 437. The highest BCUT2D eigenvalue weighted by Gasteiger charge is 2.03. The Hall–Kier alpha value is -1.56. The zero-order chi connectivity index (χ0) is 14.8. The average Bonchev–Trinajstić information content (AvgIpc) is 2.44. The number of amides is 1. The van der Waals surface area contributed by atoms with Gasteiger partial charge in [-0.25, -0.2) is 0 Å². The zero-order valence-corrected chi connectivity index (χ0v) is 13.5. The first-order chi connectivity index (χ1) is 9.67. The standard InChI is InChI=1S/C14H21BrN4O/c1-3-16-14(17-4-2)19-10-9-18-13(20)11-5-7-12(15)8-6-11/h5-8H,3-4,9-10H2,1-2H3,(H,18,20)(H2,16,17,19). The Labute approximate surface area is 128 Å². The van der Waals surface area contributed by atoms with Crippen molar-refractivity contribution in [1.29, 1.82) is 0 Å². The highest BCUT2D eigenvalue weighted by Crippen LogP contribution is 2.10. The number of benzene rings is 1. The summed E-state index contributed by atoms with van der Waals surface area (Å²) in [6.07, 6.45) is 0. The van der Waals surface area contributed by atoms with E-state index in [2.05, 4.69) is 36.9 Å². The molecule has 1 rings (SSSR count). The first kappa shape index (κ1) is 16.5. The summed E-state index contributed by atoms with van der Waals surface area (Å²) in [7, 11) is 0. The Balaban J connectivity index is 2.37. The third-order valence-electron chi connectivity index (χ3n) is 2.46. The summed E-state index contributed by atoms with van der Waals surface area (Å²) in [6, 6.07) is 7.26. The van der Waals surface area contributed by atoms with Crippen LogP contribution in [0.5, 0.6) is 0 Å². The van der Waals surface area contributed by atoms with Gasteiger partial charge in [0, 0.05) is 29.7 Å². The first-order valence-corrected chi connectivity index (χ1v) is 7.52. The lowest BCUT2D eigenvalue weighted by molar-refractivity contribution is 0.0955. The molecular formula is C14H21BrN4O. The minimum absolute atomic E-state index is 0.0823. The number of carbonyl (C=O) groups excluding carboxylic acids is 1. The third kappa shape index (κ3) is 6.06. The van der Waals surface area contributed by atoms with Gasteiger partial charge >= 0.3 is 0 Å². The fourth-order valence-electron chi connectivity index (χ4n) is 1.55. The number of nitrogens with one attached hydrogen (secondary N) is 3. The molecule has 0 aliphatic rings. The molecule has 0 bridgehead atoms. The minimum atomic E-state index is -0.0823. The Morgan fingerprint density at radius 3 is 2.25 bits per heavy atom. The van der Waals surface area contributed by atoms with Crippen LogP contribution in [0, 0.1) is 0 Å². The summed E-state index contributed by atoms with van der Waals surface area (Å²) >= 11 is 3.34. The van der Waals surface area contributed by atoms with Crippen LogP contribution >= 0.6 is 15.9 Å². The van der Waals surface area contributed by atoms with E-state index < -0.39 is 0 Å². The molecule has 1 aromatic carbocycles. The molecule has 0 aliphatic heterocycles. The Kier molecular flexibility index (Phi) is 7.72. The number of carbonyl (C=O) groups is 1. The summed E-state index contributed by atoms with van der Waals surface area (Å²) in [5.41, 5.74) is 0.649. The molecule has 0 radical (unpaired) electrons. The third-order valence-corrected chi connectivity index (χ3v) is 2.99. The van der Waals surface area contributed by atoms with Crippen molar-refractivity contribution >= 4 is 27.8 Å². The van der Waals surface area contributed by atoms with Crippen molar-refractivity contribution in [3.8, 4) is 0 Å².